The van der Waals surface area contributed by atoms with Gasteiger partial charge in [0.05, 0.1) is 0 Å². The van der Waals surface area contributed by atoms with E-state index in [1.54, 1.807) is 0 Å². The molecule has 2 aliphatic rings. The largest absolute Gasteiger partial charge is 0.300 e. The first kappa shape index (κ1) is 12.1. The first-order valence-electron chi connectivity index (χ1n) is 6.88. The first-order chi connectivity index (χ1) is 7.61. The zero-order valence-corrected chi connectivity index (χ0v) is 10.9. The summed E-state index contributed by atoms with van der Waals surface area (Å²) in [6.07, 6.45) is 4.74. The molecule has 0 heterocycles. The van der Waals surface area contributed by atoms with Gasteiger partial charge in [-0.2, -0.15) is 0 Å². The molecule has 0 aromatic rings. The van der Waals surface area contributed by atoms with Gasteiger partial charge in [0.1, 0.15) is 5.78 Å². The van der Waals surface area contributed by atoms with Crippen molar-refractivity contribution in [2.24, 2.45) is 17.8 Å². The van der Waals surface area contributed by atoms with E-state index in [-0.39, 0.29) is 0 Å². The summed E-state index contributed by atoms with van der Waals surface area (Å²) < 4.78 is 0. The molecule has 16 heavy (non-hydrogen) atoms. The second kappa shape index (κ2) is 4.87. The van der Waals surface area contributed by atoms with Gasteiger partial charge in [0.25, 0.3) is 0 Å². The molecule has 3 atom stereocenters. The zero-order chi connectivity index (χ0) is 11.7. The van der Waals surface area contributed by atoms with Gasteiger partial charge in [-0.05, 0) is 37.6 Å². The van der Waals surface area contributed by atoms with Gasteiger partial charge in [-0.1, -0.05) is 20.8 Å². The Morgan fingerprint density at radius 3 is 2.50 bits per heavy atom. The summed E-state index contributed by atoms with van der Waals surface area (Å²) in [5, 5.41) is 0. The summed E-state index contributed by atoms with van der Waals surface area (Å²) in [4.78, 5) is 14.6. The number of carbonyl (C=O) groups excluding carboxylic acids is 1. The number of ketones is 1. The smallest absolute Gasteiger partial charge is 0.137 e. The minimum Gasteiger partial charge on any atom is -0.300 e. The van der Waals surface area contributed by atoms with Gasteiger partial charge < -0.3 is 0 Å². The van der Waals surface area contributed by atoms with Crippen LogP contribution in [0.3, 0.4) is 0 Å². The zero-order valence-electron chi connectivity index (χ0n) is 10.9. The molecule has 0 amide bonds. The molecule has 0 saturated heterocycles. The van der Waals surface area contributed by atoms with Crippen molar-refractivity contribution in [3.63, 3.8) is 0 Å². The van der Waals surface area contributed by atoms with Crippen molar-refractivity contribution in [2.45, 2.75) is 52.5 Å². The van der Waals surface area contributed by atoms with Gasteiger partial charge in [-0.3, -0.25) is 9.69 Å². The highest BCUT2D eigenvalue weighted by molar-refractivity contribution is 5.82. The summed E-state index contributed by atoms with van der Waals surface area (Å²) in [5.41, 5.74) is 0. The highest BCUT2D eigenvalue weighted by Crippen LogP contribution is 2.34. The summed E-state index contributed by atoms with van der Waals surface area (Å²) in [6.45, 7) is 8.82. The number of hydrogen-bond acceptors (Lipinski definition) is 2. The van der Waals surface area contributed by atoms with Crippen molar-refractivity contribution in [3.05, 3.63) is 0 Å². The second-order valence-electron chi connectivity index (χ2n) is 5.91. The maximum absolute atomic E-state index is 12.1. The van der Waals surface area contributed by atoms with E-state index in [1.807, 2.05) is 0 Å². The highest BCUT2D eigenvalue weighted by Gasteiger charge is 2.36. The molecule has 0 spiro atoms. The predicted molar refractivity (Wildman–Crippen MR) is 66.3 cm³/mol. The third kappa shape index (κ3) is 2.65. The summed E-state index contributed by atoms with van der Waals surface area (Å²) in [7, 11) is 0. The SMILES string of the molecule is CCN(CC1C(=O)CC(C)CC1C)C1CC1. The standard InChI is InChI=1S/C14H25NO/c1-4-15(12-5-6-12)9-13-11(3)7-10(2)8-14(13)16/h10-13H,4-9H2,1-3H3. The first-order valence-corrected chi connectivity index (χ1v) is 6.88. The molecule has 0 aromatic carbocycles. The van der Waals surface area contributed by atoms with Gasteiger partial charge in [-0.15, -0.1) is 0 Å². The number of Topliss-reactive ketones (excluding diaryl/α,β-unsaturated/α-hetero) is 1. The number of hydrogen-bond donors (Lipinski definition) is 0. The van der Waals surface area contributed by atoms with E-state index in [0.29, 0.717) is 23.5 Å². The Bertz CT molecular complexity index is 259. The quantitative estimate of drug-likeness (QED) is 0.730. The molecule has 2 heteroatoms. The van der Waals surface area contributed by atoms with Crippen LogP contribution in [0, 0.1) is 17.8 Å². The molecule has 3 unspecified atom stereocenters. The average Bonchev–Trinajstić information content (AvgIpc) is 3.00. The van der Waals surface area contributed by atoms with Crippen LogP contribution in [0.15, 0.2) is 0 Å². The van der Waals surface area contributed by atoms with E-state index in [4.69, 9.17) is 0 Å². The van der Waals surface area contributed by atoms with Gasteiger partial charge in [0, 0.05) is 24.9 Å². The van der Waals surface area contributed by atoms with Crippen molar-refractivity contribution >= 4 is 5.78 Å². The summed E-state index contributed by atoms with van der Waals surface area (Å²) in [6, 6.07) is 0.796. The molecular formula is C14H25NO. The maximum atomic E-state index is 12.1. The molecule has 2 aliphatic carbocycles. The van der Waals surface area contributed by atoms with Crippen LogP contribution in [-0.4, -0.2) is 29.8 Å². The summed E-state index contributed by atoms with van der Waals surface area (Å²) in [5.74, 6) is 2.03. The number of carbonyl (C=O) groups is 1. The van der Waals surface area contributed by atoms with Crippen LogP contribution < -0.4 is 0 Å². The fraction of sp³-hybridized carbons (Fsp3) is 0.929. The lowest BCUT2D eigenvalue weighted by molar-refractivity contribution is -0.128. The Balaban J connectivity index is 1.93. The Morgan fingerprint density at radius 1 is 1.31 bits per heavy atom. The van der Waals surface area contributed by atoms with Gasteiger partial charge >= 0.3 is 0 Å². The lowest BCUT2D eigenvalue weighted by Crippen LogP contribution is -2.41. The fourth-order valence-electron chi connectivity index (χ4n) is 3.20. The normalized spacial score (nSPS) is 35.8. The third-order valence-corrected chi connectivity index (χ3v) is 4.32. The lowest BCUT2D eigenvalue weighted by Gasteiger charge is -2.35. The molecule has 2 saturated carbocycles. The maximum Gasteiger partial charge on any atom is 0.137 e. The molecule has 0 bridgehead atoms. The van der Waals surface area contributed by atoms with Crippen LogP contribution in [0.2, 0.25) is 0 Å². The Hall–Kier alpha value is -0.370. The van der Waals surface area contributed by atoms with E-state index < -0.39 is 0 Å². The van der Waals surface area contributed by atoms with Crippen LogP contribution in [0.4, 0.5) is 0 Å². The Kier molecular flexibility index (Phi) is 3.68. The Morgan fingerprint density at radius 2 is 2.00 bits per heavy atom. The Labute approximate surface area is 99.4 Å². The minimum absolute atomic E-state index is 0.316. The molecule has 92 valence electrons. The predicted octanol–water partition coefficient (Wildman–Crippen LogP) is 2.72. The minimum atomic E-state index is 0.316. The number of nitrogens with zero attached hydrogens (tertiary/aromatic N) is 1. The average molecular weight is 223 g/mol. The van der Waals surface area contributed by atoms with E-state index in [0.717, 1.165) is 25.6 Å². The van der Waals surface area contributed by atoms with E-state index in [9.17, 15) is 4.79 Å². The van der Waals surface area contributed by atoms with Crippen LogP contribution in [-0.2, 0) is 4.79 Å². The molecule has 2 rings (SSSR count). The van der Waals surface area contributed by atoms with Crippen LogP contribution in [0.1, 0.15) is 46.5 Å². The van der Waals surface area contributed by atoms with Gasteiger partial charge in [-0.25, -0.2) is 0 Å². The van der Waals surface area contributed by atoms with Crippen molar-refractivity contribution in [3.8, 4) is 0 Å². The van der Waals surface area contributed by atoms with Crippen molar-refractivity contribution in [1.82, 2.24) is 4.90 Å². The van der Waals surface area contributed by atoms with E-state index in [1.165, 1.54) is 19.3 Å². The molecule has 0 aromatic heterocycles. The fourth-order valence-corrected chi connectivity index (χ4v) is 3.20. The van der Waals surface area contributed by atoms with Gasteiger partial charge in [0.15, 0.2) is 0 Å². The third-order valence-electron chi connectivity index (χ3n) is 4.32. The lowest BCUT2D eigenvalue weighted by atomic mass is 9.74. The topological polar surface area (TPSA) is 20.3 Å². The molecular weight excluding hydrogens is 198 g/mol. The highest BCUT2D eigenvalue weighted by atomic mass is 16.1. The van der Waals surface area contributed by atoms with Crippen molar-refractivity contribution in [2.75, 3.05) is 13.1 Å². The van der Waals surface area contributed by atoms with E-state index >= 15 is 0 Å². The van der Waals surface area contributed by atoms with Crippen LogP contribution in [0.25, 0.3) is 0 Å². The monoisotopic (exact) mass is 223 g/mol. The second-order valence-corrected chi connectivity index (χ2v) is 5.91. The van der Waals surface area contributed by atoms with Crippen molar-refractivity contribution < 1.29 is 4.79 Å². The molecule has 2 fully saturated rings. The molecule has 2 nitrogen and oxygen atoms in total. The van der Waals surface area contributed by atoms with Crippen LogP contribution >= 0.6 is 0 Å². The van der Waals surface area contributed by atoms with E-state index in [2.05, 4.69) is 25.7 Å². The summed E-state index contributed by atoms with van der Waals surface area (Å²) >= 11 is 0. The van der Waals surface area contributed by atoms with Crippen LogP contribution in [0.5, 0.6) is 0 Å². The van der Waals surface area contributed by atoms with Gasteiger partial charge in [0.2, 0.25) is 0 Å². The van der Waals surface area contributed by atoms with Crippen molar-refractivity contribution in [1.29, 1.82) is 0 Å². The number of rotatable bonds is 4. The molecule has 0 N–H and O–H groups in total. The molecule has 0 radical (unpaired) electrons. The molecule has 0 aliphatic heterocycles.